The van der Waals surface area contributed by atoms with Crippen LogP contribution in [-0.4, -0.2) is 76.9 Å². The molecule has 9 heteroatoms. The Morgan fingerprint density at radius 1 is 1.15 bits per heavy atom. The third-order valence-corrected chi connectivity index (χ3v) is 7.31. The predicted molar refractivity (Wildman–Crippen MR) is 155 cm³/mol. The molecule has 0 bridgehead atoms. The van der Waals surface area contributed by atoms with E-state index in [1.807, 2.05) is 61.6 Å². The van der Waals surface area contributed by atoms with Gasteiger partial charge in [0.25, 0.3) is 11.7 Å². The molecule has 0 spiro atoms. The summed E-state index contributed by atoms with van der Waals surface area (Å²) in [7, 11) is 5.48. The lowest BCUT2D eigenvalue weighted by molar-refractivity contribution is -0.139. The molecule has 9 nitrogen and oxygen atoms in total. The molecule has 1 fully saturated rings. The number of methoxy groups -OCH3 is 1. The van der Waals surface area contributed by atoms with Crippen LogP contribution in [0.2, 0.25) is 0 Å². The average molecular weight is 549 g/mol. The van der Waals surface area contributed by atoms with Crippen LogP contribution < -0.4 is 9.47 Å². The number of aromatic nitrogens is 2. The minimum Gasteiger partial charge on any atom is -0.505 e. The van der Waals surface area contributed by atoms with Crippen LogP contribution in [0, 0.1) is 19.8 Å². The molecule has 4 rings (SSSR count). The van der Waals surface area contributed by atoms with Gasteiger partial charge in [0.15, 0.2) is 17.3 Å². The van der Waals surface area contributed by atoms with E-state index in [0.29, 0.717) is 53.9 Å². The minimum atomic E-state index is -0.800. The molecule has 1 N–H and O–H groups in total. The smallest absolute Gasteiger partial charge is 0.295 e. The number of ketones is 1. The number of aliphatic hydroxyl groups is 1. The second kappa shape index (κ2) is 12.1. The molecule has 1 aliphatic rings. The number of Topliss-reactive ketones (excluding diaryl/α,β-unsaturated/α-hetero) is 1. The summed E-state index contributed by atoms with van der Waals surface area (Å²) in [6.07, 6.45) is 3.42. The molecular weight excluding hydrogens is 508 g/mol. The zero-order chi connectivity index (χ0) is 29.1. The normalized spacial score (nSPS) is 17.0. The van der Waals surface area contributed by atoms with Crippen molar-refractivity contribution in [2.24, 2.45) is 5.92 Å². The Morgan fingerprint density at radius 3 is 2.55 bits per heavy atom. The lowest BCUT2D eigenvalue weighted by Gasteiger charge is -2.26. The fraction of sp³-hybridized carbons (Fsp3) is 0.452. The van der Waals surface area contributed by atoms with Crippen molar-refractivity contribution in [3.05, 3.63) is 64.6 Å². The van der Waals surface area contributed by atoms with Gasteiger partial charge >= 0.3 is 0 Å². The second-order valence-electron chi connectivity index (χ2n) is 11.0. The zero-order valence-corrected chi connectivity index (χ0v) is 24.5. The van der Waals surface area contributed by atoms with Gasteiger partial charge in [-0.05, 0) is 82.6 Å². The molecule has 0 aliphatic carbocycles. The number of aryl methyl sites for hydroxylation is 2. The van der Waals surface area contributed by atoms with Crippen molar-refractivity contribution in [3.8, 4) is 11.5 Å². The zero-order valence-electron chi connectivity index (χ0n) is 24.5. The Morgan fingerprint density at radius 2 is 1.90 bits per heavy atom. The number of ether oxygens (including phenoxy) is 2. The Hall–Kier alpha value is -3.85. The van der Waals surface area contributed by atoms with Crippen LogP contribution in [0.25, 0.3) is 11.4 Å². The third-order valence-electron chi connectivity index (χ3n) is 7.31. The summed E-state index contributed by atoms with van der Waals surface area (Å²) >= 11 is 0. The van der Waals surface area contributed by atoms with Crippen LogP contribution in [0.3, 0.4) is 0 Å². The van der Waals surface area contributed by atoms with Crippen LogP contribution >= 0.6 is 0 Å². The van der Waals surface area contributed by atoms with E-state index in [9.17, 15) is 14.7 Å². The highest BCUT2D eigenvalue weighted by molar-refractivity contribution is 6.46. The fourth-order valence-electron chi connectivity index (χ4n) is 5.07. The molecule has 0 saturated carbocycles. The van der Waals surface area contributed by atoms with Gasteiger partial charge in [0, 0.05) is 12.7 Å². The predicted octanol–water partition coefficient (Wildman–Crippen LogP) is 4.76. The largest absolute Gasteiger partial charge is 0.505 e. The number of carbonyl (C=O) groups is 2. The molecule has 3 aromatic rings. The molecule has 1 amide bonds. The number of fused-ring (bicyclic) bond motifs is 1. The number of pyridine rings is 1. The van der Waals surface area contributed by atoms with E-state index in [0.717, 1.165) is 18.5 Å². The van der Waals surface area contributed by atoms with E-state index in [2.05, 4.69) is 18.8 Å². The van der Waals surface area contributed by atoms with Crippen molar-refractivity contribution >= 4 is 23.1 Å². The van der Waals surface area contributed by atoms with Gasteiger partial charge in [-0.3, -0.25) is 9.59 Å². The van der Waals surface area contributed by atoms with Gasteiger partial charge in [-0.15, -0.1) is 0 Å². The van der Waals surface area contributed by atoms with E-state index < -0.39 is 17.7 Å². The first kappa shape index (κ1) is 29.1. The van der Waals surface area contributed by atoms with Crippen LogP contribution in [0.5, 0.6) is 11.5 Å². The standard InChI is InChI=1S/C31H40N4O5/c1-19(2)13-17-40-23-12-11-22(18-24(23)39-7)27-25(29(37)31(38)35(27)16-9-14-33(5)6)28(36)26-21(4)34-15-8-10-20(3)30(34)32-26/h8,10-12,15,18-19,27,36H,9,13-14,16-17H2,1-7H3/b28-25+. The summed E-state index contributed by atoms with van der Waals surface area (Å²) in [6.45, 7) is 9.68. The van der Waals surface area contributed by atoms with Crippen molar-refractivity contribution in [2.45, 2.75) is 46.6 Å². The summed E-state index contributed by atoms with van der Waals surface area (Å²) in [5, 5.41) is 11.6. The molecular formula is C31H40N4O5. The van der Waals surface area contributed by atoms with E-state index >= 15 is 0 Å². The second-order valence-corrected chi connectivity index (χ2v) is 11.0. The van der Waals surface area contributed by atoms with E-state index in [4.69, 9.17) is 9.47 Å². The fourth-order valence-corrected chi connectivity index (χ4v) is 5.07. The third kappa shape index (κ3) is 5.70. The van der Waals surface area contributed by atoms with Crippen molar-refractivity contribution in [1.29, 1.82) is 0 Å². The van der Waals surface area contributed by atoms with Gasteiger partial charge < -0.3 is 28.8 Å². The first-order valence-electron chi connectivity index (χ1n) is 13.7. The van der Waals surface area contributed by atoms with Crippen LogP contribution in [0.1, 0.15) is 55.2 Å². The highest BCUT2D eigenvalue weighted by atomic mass is 16.5. The molecule has 1 saturated heterocycles. The maximum absolute atomic E-state index is 13.5. The number of carbonyl (C=O) groups excluding carboxylic acids is 2. The molecule has 214 valence electrons. The molecule has 2 aromatic heterocycles. The van der Waals surface area contributed by atoms with Gasteiger partial charge in [0.1, 0.15) is 11.3 Å². The topological polar surface area (TPSA) is 96.6 Å². The van der Waals surface area contributed by atoms with Crippen LogP contribution in [-0.2, 0) is 9.59 Å². The number of hydrogen-bond acceptors (Lipinski definition) is 7. The van der Waals surface area contributed by atoms with Gasteiger partial charge in [0.2, 0.25) is 0 Å². The summed E-state index contributed by atoms with van der Waals surface area (Å²) in [5.41, 5.74) is 3.25. The number of rotatable bonds is 11. The van der Waals surface area contributed by atoms with E-state index in [1.54, 1.807) is 24.1 Å². The summed E-state index contributed by atoms with van der Waals surface area (Å²) in [6, 6.07) is 8.46. The Bertz CT molecular complexity index is 1440. The Balaban J connectivity index is 1.83. The number of nitrogens with zero attached hydrogens (tertiary/aromatic N) is 4. The molecule has 40 heavy (non-hydrogen) atoms. The number of aliphatic hydroxyl groups excluding tert-OH is 1. The van der Waals surface area contributed by atoms with Gasteiger partial charge in [-0.25, -0.2) is 4.98 Å². The number of hydrogen-bond donors (Lipinski definition) is 1. The van der Waals surface area contributed by atoms with E-state index in [1.165, 1.54) is 0 Å². The molecule has 1 aliphatic heterocycles. The first-order chi connectivity index (χ1) is 19.0. The Labute approximate surface area is 236 Å². The maximum Gasteiger partial charge on any atom is 0.295 e. The van der Waals surface area contributed by atoms with Crippen LogP contribution in [0.15, 0.2) is 42.1 Å². The van der Waals surface area contributed by atoms with Gasteiger partial charge in [-0.2, -0.15) is 0 Å². The molecule has 1 unspecified atom stereocenters. The van der Waals surface area contributed by atoms with Crippen molar-refractivity contribution in [3.63, 3.8) is 0 Å². The first-order valence-corrected chi connectivity index (χ1v) is 13.7. The number of imidazole rings is 1. The van der Waals surface area contributed by atoms with Gasteiger partial charge in [0.05, 0.1) is 31.0 Å². The summed E-state index contributed by atoms with van der Waals surface area (Å²) in [4.78, 5) is 35.1. The lowest BCUT2D eigenvalue weighted by Crippen LogP contribution is -2.32. The SMILES string of the molecule is COc1cc(C2/C(=C(\O)c3nc4c(C)cccn4c3C)C(=O)C(=O)N2CCCN(C)C)ccc1OCCC(C)C. The highest BCUT2D eigenvalue weighted by Crippen LogP contribution is 2.42. The number of likely N-dealkylation sites (tertiary alicyclic amines) is 1. The van der Waals surface area contributed by atoms with Crippen molar-refractivity contribution in [2.75, 3.05) is 40.9 Å². The van der Waals surface area contributed by atoms with Crippen molar-refractivity contribution in [1.82, 2.24) is 19.2 Å². The highest BCUT2D eigenvalue weighted by Gasteiger charge is 2.46. The molecule has 1 atom stereocenters. The average Bonchev–Trinajstić information content (AvgIpc) is 3.38. The van der Waals surface area contributed by atoms with Crippen LogP contribution in [0.4, 0.5) is 0 Å². The molecule has 1 aromatic carbocycles. The summed E-state index contributed by atoms with van der Waals surface area (Å²) < 4.78 is 13.5. The quantitative estimate of drug-likeness (QED) is 0.210. The van der Waals surface area contributed by atoms with E-state index in [-0.39, 0.29) is 17.0 Å². The van der Waals surface area contributed by atoms with Gasteiger partial charge in [-0.1, -0.05) is 26.0 Å². The molecule has 0 radical (unpaired) electrons. The number of amides is 1. The lowest BCUT2D eigenvalue weighted by atomic mass is 9.96. The minimum absolute atomic E-state index is 0.0227. The summed E-state index contributed by atoms with van der Waals surface area (Å²) in [5.74, 6) is -0.0620. The monoisotopic (exact) mass is 548 g/mol. The Kier molecular flexibility index (Phi) is 8.83. The molecule has 3 heterocycles. The van der Waals surface area contributed by atoms with Crippen molar-refractivity contribution < 1.29 is 24.2 Å². The number of benzene rings is 1. The maximum atomic E-state index is 13.5.